The number of aromatic nitrogens is 2. The molecule has 0 aliphatic heterocycles. The molecule has 0 bridgehead atoms. The average Bonchev–Trinajstić information content (AvgIpc) is 2.77. The molecule has 0 radical (unpaired) electrons. The minimum absolute atomic E-state index is 0.333. The summed E-state index contributed by atoms with van der Waals surface area (Å²) in [6.45, 7) is 4.35. The van der Waals surface area contributed by atoms with E-state index in [4.69, 9.17) is 21.7 Å². The number of thioether (sulfide) groups is 1. The Bertz CT molecular complexity index is 648. The second-order valence-electron chi connectivity index (χ2n) is 4.53. The predicted molar refractivity (Wildman–Crippen MR) is 87.9 cm³/mol. The predicted octanol–water partition coefficient (Wildman–Crippen LogP) is 4.03. The number of hydrogen-bond donors (Lipinski definition) is 1. The Labute approximate surface area is 128 Å². The van der Waals surface area contributed by atoms with Gasteiger partial charge in [-0.15, -0.1) is 0 Å². The molecule has 1 aromatic carbocycles. The molecule has 0 fully saturated rings. The molecule has 0 amide bonds. The van der Waals surface area contributed by atoms with Crippen LogP contribution in [-0.2, 0) is 0 Å². The van der Waals surface area contributed by atoms with E-state index < -0.39 is 0 Å². The lowest BCUT2D eigenvalue weighted by atomic mass is 10.2. The highest BCUT2D eigenvalue weighted by Gasteiger charge is 2.14. The highest BCUT2D eigenvalue weighted by molar-refractivity contribution is 7.99. The average molecular weight is 312 g/mol. The summed E-state index contributed by atoms with van der Waals surface area (Å²) < 4.78 is 13.6. The summed E-state index contributed by atoms with van der Waals surface area (Å²) in [5, 5.41) is 0. The van der Waals surface area contributed by atoms with E-state index in [-0.39, 0.29) is 0 Å². The van der Waals surface area contributed by atoms with Crippen LogP contribution in [0.1, 0.15) is 19.9 Å². The van der Waals surface area contributed by atoms with Gasteiger partial charge in [-0.1, -0.05) is 6.92 Å². The zero-order valence-electron chi connectivity index (χ0n) is 12.2. The van der Waals surface area contributed by atoms with Gasteiger partial charge in [-0.05, 0) is 24.9 Å². The number of fused-ring (bicyclic) bond motifs is 1. The molecule has 1 atom stereocenters. The van der Waals surface area contributed by atoms with E-state index in [1.165, 1.54) is 0 Å². The number of nitrogens with one attached hydrogen (secondary N) is 1. The monoisotopic (exact) mass is 312 g/mol. The maximum Gasteiger partial charge on any atom is 0.178 e. The van der Waals surface area contributed by atoms with Crippen molar-refractivity contribution in [1.29, 1.82) is 0 Å². The lowest BCUT2D eigenvalue weighted by molar-refractivity contribution is 0.355. The molecule has 0 aliphatic carbocycles. The summed E-state index contributed by atoms with van der Waals surface area (Å²) in [7, 11) is 3.28. The van der Waals surface area contributed by atoms with Crippen LogP contribution >= 0.6 is 24.0 Å². The highest BCUT2D eigenvalue weighted by atomic mass is 32.2. The number of rotatable bonds is 6. The van der Waals surface area contributed by atoms with Crippen LogP contribution in [0, 0.1) is 4.77 Å². The fraction of sp³-hybridized carbons (Fsp3) is 0.500. The van der Waals surface area contributed by atoms with E-state index in [0.29, 0.717) is 11.8 Å². The number of nitrogens with zero attached hydrogens (tertiary/aromatic N) is 1. The summed E-state index contributed by atoms with van der Waals surface area (Å²) in [5.74, 6) is 3.57. The van der Waals surface area contributed by atoms with E-state index in [1.807, 2.05) is 23.9 Å². The summed E-state index contributed by atoms with van der Waals surface area (Å²) in [5.41, 5.74) is 2.03. The third kappa shape index (κ3) is 2.81. The molecule has 0 aliphatic rings. The maximum atomic E-state index is 5.46. The first-order valence-electron chi connectivity index (χ1n) is 6.56. The Morgan fingerprint density at radius 1 is 1.30 bits per heavy atom. The SMILES string of the molecule is CCSCC(C)n1c(=S)[nH]c2cc(OC)c(OC)cc21. The van der Waals surface area contributed by atoms with Gasteiger partial charge < -0.3 is 19.0 Å². The van der Waals surface area contributed by atoms with E-state index in [2.05, 4.69) is 23.4 Å². The number of benzene rings is 1. The van der Waals surface area contributed by atoms with E-state index in [9.17, 15) is 0 Å². The smallest absolute Gasteiger partial charge is 0.178 e. The second-order valence-corrected chi connectivity index (χ2v) is 6.24. The molecule has 4 nitrogen and oxygen atoms in total. The number of imidazole rings is 1. The molecular weight excluding hydrogens is 292 g/mol. The van der Waals surface area contributed by atoms with Crippen LogP contribution in [0.2, 0.25) is 0 Å². The molecule has 20 heavy (non-hydrogen) atoms. The number of aromatic amines is 1. The molecular formula is C14H20N2O2S2. The third-order valence-electron chi connectivity index (χ3n) is 3.23. The van der Waals surface area contributed by atoms with Crippen molar-refractivity contribution in [1.82, 2.24) is 9.55 Å². The van der Waals surface area contributed by atoms with Crippen LogP contribution in [-0.4, -0.2) is 35.3 Å². The van der Waals surface area contributed by atoms with Gasteiger partial charge in [0.05, 0.1) is 25.3 Å². The third-order valence-corrected chi connectivity index (χ3v) is 4.65. The van der Waals surface area contributed by atoms with E-state index >= 15 is 0 Å². The van der Waals surface area contributed by atoms with Gasteiger partial charge in [0.2, 0.25) is 0 Å². The quantitative estimate of drug-likeness (QED) is 0.817. The summed E-state index contributed by atoms with van der Waals surface area (Å²) >= 11 is 7.37. The standard InChI is InChI=1S/C14H20N2O2S2/c1-5-20-8-9(2)16-11-7-13(18-4)12(17-3)6-10(11)15-14(16)19/h6-7,9H,5,8H2,1-4H3,(H,15,19). The second kappa shape index (κ2) is 6.54. The molecule has 2 rings (SSSR count). The molecule has 110 valence electrons. The van der Waals surface area contributed by atoms with Crippen molar-refractivity contribution in [3.8, 4) is 11.5 Å². The zero-order chi connectivity index (χ0) is 14.7. The van der Waals surface area contributed by atoms with Gasteiger partial charge in [-0.2, -0.15) is 11.8 Å². The van der Waals surface area contributed by atoms with Crippen molar-refractivity contribution in [2.24, 2.45) is 0 Å². The number of ether oxygens (including phenoxy) is 2. The van der Waals surface area contributed by atoms with Crippen molar-refractivity contribution >= 4 is 35.0 Å². The van der Waals surface area contributed by atoms with Crippen LogP contribution in [0.15, 0.2) is 12.1 Å². The molecule has 6 heteroatoms. The first-order valence-corrected chi connectivity index (χ1v) is 8.12. The number of hydrogen-bond acceptors (Lipinski definition) is 4. The minimum atomic E-state index is 0.333. The normalized spacial score (nSPS) is 12.6. The van der Waals surface area contributed by atoms with Crippen LogP contribution in [0.5, 0.6) is 11.5 Å². The first kappa shape index (κ1) is 15.3. The largest absolute Gasteiger partial charge is 0.493 e. The van der Waals surface area contributed by atoms with Crippen LogP contribution in [0.4, 0.5) is 0 Å². The highest BCUT2D eigenvalue weighted by Crippen LogP contribution is 2.33. The van der Waals surface area contributed by atoms with Crippen molar-refractivity contribution in [2.75, 3.05) is 25.7 Å². The topological polar surface area (TPSA) is 39.2 Å². The van der Waals surface area contributed by atoms with Gasteiger partial charge in [0.25, 0.3) is 0 Å². The molecule has 1 aromatic heterocycles. The summed E-state index contributed by atoms with van der Waals surface area (Å²) in [6.07, 6.45) is 0. The van der Waals surface area contributed by atoms with Gasteiger partial charge in [0, 0.05) is 23.9 Å². The lowest BCUT2D eigenvalue weighted by Gasteiger charge is -2.15. The van der Waals surface area contributed by atoms with Gasteiger partial charge in [0.15, 0.2) is 16.3 Å². The molecule has 1 N–H and O–H groups in total. The van der Waals surface area contributed by atoms with Crippen molar-refractivity contribution < 1.29 is 9.47 Å². The number of H-pyrrole nitrogens is 1. The molecule has 2 aromatic rings. The van der Waals surface area contributed by atoms with Gasteiger partial charge in [-0.25, -0.2) is 0 Å². The Morgan fingerprint density at radius 2 is 1.95 bits per heavy atom. The zero-order valence-corrected chi connectivity index (χ0v) is 13.9. The molecule has 1 heterocycles. The Balaban J connectivity index is 2.54. The molecule has 0 saturated carbocycles. The minimum Gasteiger partial charge on any atom is -0.493 e. The maximum absolute atomic E-state index is 5.46. The first-order chi connectivity index (χ1) is 9.62. The number of methoxy groups -OCH3 is 2. The van der Waals surface area contributed by atoms with Crippen molar-refractivity contribution in [3.63, 3.8) is 0 Å². The molecule has 0 saturated heterocycles. The Kier molecular flexibility index (Phi) is 4.99. The fourth-order valence-electron chi connectivity index (χ4n) is 2.25. The van der Waals surface area contributed by atoms with Crippen LogP contribution in [0.3, 0.4) is 0 Å². The molecule has 1 unspecified atom stereocenters. The Hall–Kier alpha value is -1.14. The van der Waals surface area contributed by atoms with Gasteiger partial charge in [0.1, 0.15) is 0 Å². The van der Waals surface area contributed by atoms with E-state index in [0.717, 1.165) is 33.1 Å². The summed E-state index contributed by atoms with van der Waals surface area (Å²) in [4.78, 5) is 3.24. The van der Waals surface area contributed by atoms with E-state index in [1.54, 1.807) is 14.2 Å². The summed E-state index contributed by atoms with van der Waals surface area (Å²) in [6, 6.07) is 4.24. The molecule has 0 spiro atoms. The van der Waals surface area contributed by atoms with Crippen molar-refractivity contribution in [2.45, 2.75) is 19.9 Å². The van der Waals surface area contributed by atoms with Gasteiger partial charge in [-0.3, -0.25) is 0 Å². The lowest BCUT2D eigenvalue weighted by Crippen LogP contribution is -2.08. The Morgan fingerprint density at radius 3 is 2.55 bits per heavy atom. The van der Waals surface area contributed by atoms with Crippen molar-refractivity contribution in [3.05, 3.63) is 16.9 Å². The van der Waals surface area contributed by atoms with Gasteiger partial charge >= 0.3 is 0 Å². The fourth-order valence-corrected chi connectivity index (χ4v) is 3.37. The van der Waals surface area contributed by atoms with Crippen LogP contribution < -0.4 is 9.47 Å². The van der Waals surface area contributed by atoms with Crippen LogP contribution in [0.25, 0.3) is 11.0 Å².